The topological polar surface area (TPSA) is 0 Å². The van der Waals surface area contributed by atoms with E-state index in [-0.39, 0.29) is 0 Å². The molecular formula is C28H32. The van der Waals surface area contributed by atoms with Crippen LogP contribution >= 0.6 is 0 Å². The van der Waals surface area contributed by atoms with E-state index in [0.29, 0.717) is 0 Å². The molecule has 0 heterocycles. The van der Waals surface area contributed by atoms with Crippen LogP contribution in [0.25, 0.3) is 0 Å². The molecule has 0 saturated heterocycles. The predicted molar refractivity (Wildman–Crippen MR) is 122 cm³/mol. The summed E-state index contributed by atoms with van der Waals surface area (Å²) < 4.78 is 0. The van der Waals surface area contributed by atoms with Crippen LogP contribution in [0.15, 0.2) is 60.7 Å². The van der Waals surface area contributed by atoms with Gasteiger partial charge in [0.1, 0.15) is 0 Å². The van der Waals surface area contributed by atoms with Crippen molar-refractivity contribution < 1.29 is 0 Å². The Morgan fingerprint density at radius 1 is 0.571 bits per heavy atom. The van der Waals surface area contributed by atoms with Gasteiger partial charge in [-0.05, 0) is 73.2 Å². The van der Waals surface area contributed by atoms with Crippen LogP contribution in [0.5, 0.6) is 0 Å². The molecule has 0 heteroatoms. The molecule has 0 N–H and O–H groups in total. The zero-order chi connectivity index (χ0) is 19.9. The molecule has 0 aliphatic heterocycles. The van der Waals surface area contributed by atoms with Crippen LogP contribution in [0.2, 0.25) is 0 Å². The van der Waals surface area contributed by atoms with Crippen molar-refractivity contribution in [2.75, 3.05) is 0 Å². The maximum atomic E-state index is 3.17. The van der Waals surface area contributed by atoms with Gasteiger partial charge < -0.3 is 0 Å². The van der Waals surface area contributed by atoms with Gasteiger partial charge in [0.05, 0.1) is 0 Å². The van der Waals surface area contributed by atoms with E-state index in [4.69, 9.17) is 0 Å². The second-order valence-corrected chi connectivity index (χ2v) is 7.18. The van der Waals surface area contributed by atoms with Crippen molar-refractivity contribution in [3.05, 3.63) is 82.9 Å². The van der Waals surface area contributed by atoms with Crippen molar-refractivity contribution in [3.8, 4) is 23.7 Å². The maximum absolute atomic E-state index is 3.17. The fourth-order valence-electron chi connectivity index (χ4n) is 2.98. The molecule has 0 saturated carbocycles. The Hall–Kier alpha value is -2.70. The summed E-state index contributed by atoms with van der Waals surface area (Å²) in [7, 11) is 0. The van der Waals surface area contributed by atoms with Gasteiger partial charge in [-0.15, -0.1) is 0 Å². The van der Waals surface area contributed by atoms with Crippen molar-refractivity contribution in [1.82, 2.24) is 0 Å². The SMILES string of the molecule is CCCCCCc1ccc(C#C/C=C/C#Cc2ccc(CCCC)cc2)cc1. The molecule has 0 radical (unpaired) electrons. The third-order valence-electron chi connectivity index (χ3n) is 4.73. The summed E-state index contributed by atoms with van der Waals surface area (Å²) in [5, 5.41) is 0. The van der Waals surface area contributed by atoms with E-state index in [1.54, 1.807) is 0 Å². The van der Waals surface area contributed by atoms with Crippen molar-refractivity contribution in [3.63, 3.8) is 0 Å². The number of hydrogen-bond acceptors (Lipinski definition) is 0. The number of aryl methyl sites for hydroxylation is 2. The minimum Gasteiger partial charge on any atom is -0.0689 e. The summed E-state index contributed by atoms with van der Waals surface area (Å²) in [4.78, 5) is 0. The second kappa shape index (κ2) is 13.5. The Labute approximate surface area is 172 Å². The van der Waals surface area contributed by atoms with Crippen LogP contribution in [0, 0.1) is 23.7 Å². The average Bonchev–Trinajstić information content (AvgIpc) is 2.74. The summed E-state index contributed by atoms with van der Waals surface area (Å²) in [6.45, 7) is 4.47. The van der Waals surface area contributed by atoms with E-state index in [2.05, 4.69) is 86.1 Å². The van der Waals surface area contributed by atoms with Crippen molar-refractivity contribution in [2.45, 2.75) is 65.2 Å². The first-order chi connectivity index (χ1) is 13.8. The number of benzene rings is 2. The number of allylic oxidation sites excluding steroid dienone is 2. The van der Waals surface area contributed by atoms with Gasteiger partial charge in [0.15, 0.2) is 0 Å². The Morgan fingerprint density at radius 2 is 1.04 bits per heavy atom. The first kappa shape index (κ1) is 21.6. The zero-order valence-corrected chi connectivity index (χ0v) is 17.4. The predicted octanol–water partition coefficient (Wildman–Crippen LogP) is 7.11. The third-order valence-corrected chi connectivity index (χ3v) is 4.73. The smallest absolute Gasteiger partial charge is 0.0249 e. The lowest BCUT2D eigenvalue weighted by Gasteiger charge is -2.01. The standard InChI is InChI=1S/C28H32/c1-3-5-7-10-14-26-21-23-28(24-22-26)16-12-9-8-11-15-27-19-17-25(18-20-27)13-6-4-2/h8-9,17-24H,3-7,10,13-14H2,1-2H3/b9-8+. The van der Waals surface area contributed by atoms with Crippen LogP contribution < -0.4 is 0 Å². The Balaban J connectivity index is 1.79. The minimum atomic E-state index is 1.05. The van der Waals surface area contributed by atoms with Gasteiger partial charge in [-0.25, -0.2) is 0 Å². The van der Waals surface area contributed by atoms with Crippen LogP contribution in [-0.2, 0) is 12.8 Å². The van der Waals surface area contributed by atoms with Crippen LogP contribution in [0.4, 0.5) is 0 Å². The van der Waals surface area contributed by atoms with Gasteiger partial charge in [0.25, 0.3) is 0 Å². The lowest BCUT2D eigenvalue weighted by Crippen LogP contribution is -1.86. The monoisotopic (exact) mass is 368 g/mol. The Bertz CT molecular complexity index is 827. The molecule has 0 nitrogen and oxygen atoms in total. The average molecular weight is 369 g/mol. The Kier molecular flexibility index (Phi) is 10.4. The lowest BCUT2D eigenvalue weighted by atomic mass is 10.0. The lowest BCUT2D eigenvalue weighted by molar-refractivity contribution is 0.667. The van der Waals surface area contributed by atoms with E-state index in [1.807, 2.05) is 12.2 Å². The number of unbranched alkanes of at least 4 members (excludes halogenated alkanes) is 4. The van der Waals surface area contributed by atoms with Gasteiger partial charge in [0, 0.05) is 11.1 Å². The zero-order valence-electron chi connectivity index (χ0n) is 17.4. The van der Waals surface area contributed by atoms with Gasteiger partial charge in [-0.1, -0.05) is 87.5 Å². The van der Waals surface area contributed by atoms with Gasteiger partial charge in [-0.2, -0.15) is 0 Å². The molecule has 0 bridgehead atoms. The number of rotatable bonds is 8. The van der Waals surface area contributed by atoms with Crippen molar-refractivity contribution >= 4 is 0 Å². The van der Waals surface area contributed by atoms with Crippen LogP contribution in [0.3, 0.4) is 0 Å². The van der Waals surface area contributed by atoms with Gasteiger partial charge in [0.2, 0.25) is 0 Å². The first-order valence-corrected chi connectivity index (χ1v) is 10.7. The highest BCUT2D eigenvalue weighted by atomic mass is 14.0. The summed E-state index contributed by atoms with van der Waals surface area (Å²) >= 11 is 0. The maximum Gasteiger partial charge on any atom is 0.0249 e. The molecular weight excluding hydrogens is 336 g/mol. The van der Waals surface area contributed by atoms with E-state index in [1.165, 1.54) is 56.1 Å². The third kappa shape index (κ3) is 8.79. The Morgan fingerprint density at radius 3 is 1.50 bits per heavy atom. The molecule has 0 spiro atoms. The fourth-order valence-corrected chi connectivity index (χ4v) is 2.98. The van der Waals surface area contributed by atoms with Gasteiger partial charge >= 0.3 is 0 Å². The van der Waals surface area contributed by atoms with Crippen molar-refractivity contribution in [2.24, 2.45) is 0 Å². The molecule has 0 amide bonds. The molecule has 0 atom stereocenters. The summed E-state index contributed by atoms with van der Waals surface area (Å²) in [5.74, 6) is 12.5. The molecule has 2 rings (SSSR count). The molecule has 2 aromatic rings. The summed E-state index contributed by atoms with van der Waals surface area (Å²) in [6.07, 6.45) is 13.7. The number of hydrogen-bond donors (Lipinski definition) is 0. The summed E-state index contributed by atoms with van der Waals surface area (Å²) in [6, 6.07) is 17.2. The van der Waals surface area contributed by atoms with Crippen LogP contribution in [0.1, 0.15) is 74.6 Å². The van der Waals surface area contributed by atoms with Gasteiger partial charge in [-0.3, -0.25) is 0 Å². The largest absolute Gasteiger partial charge is 0.0689 e. The van der Waals surface area contributed by atoms with E-state index >= 15 is 0 Å². The van der Waals surface area contributed by atoms with E-state index in [9.17, 15) is 0 Å². The van der Waals surface area contributed by atoms with E-state index in [0.717, 1.165) is 17.5 Å². The quantitative estimate of drug-likeness (QED) is 0.344. The molecule has 0 aliphatic carbocycles. The molecule has 0 unspecified atom stereocenters. The molecule has 0 fully saturated rings. The molecule has 144 valence electrons. The highest BCUT2D eigenvalue weighted by molar-refractivity contribution is 5.42. The second-order valence-electron chi connectivity index (χ2n) is 7.18. The fraction of sp³-hybridized carbons (Fsp3) is 0.357. The summed E-state index contributed by atoms with van der Waals surface area (Å²) in [5.41, 5.74) is 4.90. The highest BCUT2D eigenvalue weighted by Gasteiger charge is 1.94. The van der Waals surface area contributed by atoms with Crippen molar-refractivity contribution in [1.29, 1.82) is 0 Å². The highest BCUT2D eigenvalue weighted by Crippen LogP contribution is 2.09. The molecule has 0 aliphatic rings. The molecule has 0 aromatic heterocycles. The normalized spacial score (nSPS) is 10.2. The molecule has 28 heavy (non-hydrogen) atoms. The first-order valence-electron chi connectivity index (χ1n) is 10.7. The van der Waals surface area contributed by atoms with Crippen LogP contribution in [-0.4, -0.2) is 0 Å². The molecule has 2 aromatic carbocycles. The van der Waals surface area contributed by atoms with E-state index < -0.39 is 0 Å². The minimum absolute atomic E-state index is 1.05.